The Bertz CT molecular complexity index is 1260. The maximum absolute atomic E-state index is 13.2. The number of carbonyl (C=O) groups is 1. The summed E-state index contributed by atoms with van der Waals surface area (Å²) in [5, 5.41) is 11.2. The minimum Gasteiger partial charge on any atom is -0.505 e. The number of phenols is 1. The van der Waals surface area contributed by atoms with Crippen LogP contribution in [0.5, 0.6) is 5.75 Å². The zero-order valence-electron chi connectivity index (χ0n) is 16.4. The van der Waals surface area contributed by atoms with Gasteiger partial charge in [-0.2, -0.15) is 0 Å². The van der Waals surface area contributed by atoms with Crippen LogP contribution in [0.15, 0.2) is 42.6 Å². The zero-order valence-corrected chi connectivity index (χ0v) is 17.2. The fourth-order valence-electron chi connectivity index (χ4n) is 3.75. The second-order valence-electron chi connectivity index (χ2n) is 7.15. The van der Waals surface area contributed by atoms with Crippen LogP contribution in [0.3, 0.4) is 0 Å². The van der Waals surface area contributed by atoms with Gasteiger partial charge in [-0.15, -0.1) is 0 Å². The van der Waals surface area contributed by atoms with E-state index in [0.29, 0.717) is 16.5 Å². The quantitative estimate of drug-likeness (QED) is 0.604. The van der Waals surface area contributed by atoms with E-state index < -0.39 is 22.0 Å². The smallest absolute Gasteiger partial charge is 0.258 e. The number of aromatic hydroxyl groups is 1. The minimum absolute atomic E-state index is 0.0321. The number of amides is 1. The number of hydrogen-bond acceptors (Lipinski definition) is 5. The highest BCUT2D eigenvalue weighted by Gasteiger charge is 2.40. The SMILES string of the molecule is CCS(=O)(=O)Nc1c2c(c(O)c3ncccc13)C(=O)N(Cc1ccc(F)cc1)C2C. The van der Waals surface area contributed by atoms with E-state index in [0.717, 1.165) is 0 Å². The van der Waals surface area contributed by atoms with Crippen molar-refractivity contribution in [2.45, 2.75) is 26.4 Å². The van der Waals surface area contributed by atoms with Crippen molar-refractivity contribution in [1.29, 1.82) is 0 Å². The second-order valence-corrected chi connectivity index (χ2v) is 9.16. The van der Waals surface area contributed by atoms with E-state index in [2.05, 4.69) is 9.71 Å². The number of aromatic nitrogens is 1. The highest BCUT2D eigenvalue weighted by Crippen LogP contribution is 2.47. The van der Waals surface area contributed by atoms with Crippen LogP contribution in [0.1, 0.15) is 41.4 Å². The van der Waals surface area contributed by atoms with Gasteiger partial charge in [0, 0.05) is 23.7 Å². The molecule has 1 aliphatic rings. The highest BCUT2D eigenvalue weighted by atomic mass is 32.2. The molecule has 156 valence electrons. The molecule has 0 fully saturated rings. The summed E-state index contributed by atoms with van der Waals surface area (Å²) in [6.07, 6.45) is 1.46. The molecule has 7 nitrogen and oxygen atoms in total. The number of pyridine rings is 1. The van der Waals surface area contributed by atoms with E-state index in [9.17, 15) is 22.7 Å². The first-order valence-electron chi connectivity index (χ1n) is 9.43. The molecule has 0 aliphatic carbocycles. The Hall–Kier alpha value is -3.20. The Balaban J connectivity index is 1.89. The molecule has 9 heteroatoms. The summed E-state index contributed by atoms with van der Waals surface area (Å²) < 4.78 is 40.5. The van der Waals surface area contributed by atoms with Crippen LogP contribution in [0, 0.1) is 5.82 Å². The van der Waals surface area contributed by atoms with Gasteiger partial charge in [0.25, 0.3) is 5.91 Å². The second kappa shape index (κ2) is 7.24. The molecule has 1 atom stereocenters. The van der Waals surface area contributed by atoms with Gasteiger partial charge < -0.3 is 10.0 Å². The third kappa shape index (κ3) is 3.24. The van der Waals surface area contributed by atoms with Gasteiger partial charge in [-0.1, -0.05) is 12.1 Å². The van der Waals surface area contributed by atoms with E-state index in [-0.39, 0.29) is 40.6 Å². The first kappa shape index (κ1) is 20.1. The van der Waals surface area contributed by atoms with E-state index in [4.69, 9.17) is 0 Å². The molecule has 0 bridgehead atoms. The molecule has 2 N–H and O–H groups in total. The van der Waals surface area contributed by atoms with Crippen LogP contribution in [-0.2, 0) is 16.6 Å². The lowest BCUT2D eigenvalue weighted by molar-refractivity contribution is 0.0721. The van der Waals surface area contributed by atoms with Gasteiger partial charge in [0.15, 0.2) is 5.75 Å². The van der Waals surface area contributed by atoms with Crippen LogP contribution in [0.2, 0.25) is 0 Å². The fourth-order valence-corrected chi connectivity index (χ4v) is 4.43. The molecule has 0 saturated heterocycles. The molecule has 30 heavy (non-hydrogen) atoms. The molecular weight excluding hydrogens is 409 g/mol. The van der Waals surface area contributed by atoms with Gasteiger partial charge in [-0.3, -0.25) is 14.5 Å². The van der Waals surface area contributed by atoms with Gasteiger partial charge in [0.1, 0.15) is 11.3 Å². The molecule has 2 aromatic carbocycles. The molecule has 4 rings (SSSR count). The summed E-state index contributed by atoms with van der Waals surface area (Å²) >= 11 is 0. The summed E-state index contributed by atoms with van der Waals surface area (Å²) in [6.45, 7) is 3.45. The van der Waals surface area contributed by atoms with Crippen LogP contribution >= 0.6 is 0 Å². The van der Waals surface area contributed by atoms with Crippen molar-refractivity contribution in [3.8, 4) is 5.75 Å². The molecule has 1 unspecified atom stereocenters. The first-order chi connectivity index (χ1) is 14.2. The first-order valence-corrected chi connectivity index (χ1v) is 11.1. The third-order valence-electron chi connectivity index (χ3n) is 5.34. The number of hydrogen-bond donors (Lipinski definition) is 2. The van der Waals surface area contributed by atoms with Crippen LogP contribution < -0.4 is 4.72 Å². The Morgan fingerprint density at radius 3 is 2.60 bits per heavy atom. The summed E-state index contributed by atoms with van der Waals surface area (Å²) in [5.74, 6) is -1.25. The molecule has 0 saturated carbocycles. The Kier molecular flexibility index (Phi) is 4.85. The molecule has 2 heterocycles. The average molecular weight is 429 g/mol. The number of sulfonamides is 1. The maximum atomic E-state index is 13.2. The Morgan fingerprint density at radius 1 is 1.23 bits per heavy atom. The van der Waals surface area contributed by atoms with Crippen molar-refractivity contribution in [2.24, 2.45) is 0 Å². The lowest BCUT2D eigenvalue weighted by Crippen LogP contribution is -2.26. The van der Waals surface area contributed by atoms with E-state index in [1.807, 2.05) is 0 Å². The van der Waals surface area contributed by atoms with Gasteiger partial charge >= 0.3 is 0 Å². The van der Waals surface area contributed by atoms with Gasteiger partial charge in [0.2, 0.25) is 10.0 Å². The maximum Gasteiger partial charge on any atom is 0.258 e. The van der Waals surface area contributed by atoms with E-state index in [1.165, 1.54) is 30.2 Å². The number of benzene rings is 2. The molecule has 1 aliphatic heterocycles. The van der Waals surface area contributed by atoms with Gasteiger partial charge in [-0.25, -0.2) is 12.8 Å². The van der Waals surface area contributed by atoms with Crippen molar-refractivity contribution in [3.05, 3.63) is 65.1 Å². The number of halogens is 1. The summed E-state index contributed by atoms with van der Waals surface area (Å²) in [7, 11) is -3.65. The van der Waals surface area contributed by atoms with Crippen molar-refractivity contribution < 1.29 is 22.7 Å². The van der Waals surface area contributed by atoms with Crippen LogP contribution in [-0.4, -0.2) is 35.1 Å². The lowest BCUT2D eigenvalue weighted by atomic mass is 9.98. The lowest BCUT2D eigenvalue weighted by Gasteiger charge is -2.23. The third-order valence-corrected chi connectivity index (χ3v) is 6.62. The summed E-state index contributed by atoms with van der Waals surface area (Å²) in [4.78, 5) is 18.9. The minimum atomic E-state index is -3.65. The number of carbonyl (C=O) groups excluding carboxylic acids is 1. The van der Waals surface area contributed by atoms with Crippen molar-refractivity contribution in [1.82, 2.24) is 9.88 Å². The predicted octanol–water partition coefficient (Wildman–Crippen LogP) is 3.56. The molecule has 1 aromatic heterocycles. The van der Waals surface area contributed by atoms with Gasteiger partial charge in [-0.05, 0) is 43.7 Å². The standard InChI is InChI=1S/C21H20FN3O4S/c1-3-30(28,29)24-18-15-5-4-10-23-19(15)20(26)17-16(18)12(2)25(21(17)27)11-13-6-8-14(22)9-7-13/h4-10,12,24,26H,3,11H2,1-2H3. The van der Waals surface area contributed by atoms with E-state index >= 15 is 0 Å². The average Bonchev–Trinajstić information content (AvgIpc) is 2.98. The number of anilines is 1. The predicted molar refractivity (Wildman–Crippen MR) is 111 cm³/mol. The molecular formula is C21H20FN3O4S. The molecule has 3 aromatic rings. The van der Waals surface area contributed by atoms with Crippen LogP contribution in [0.4, 0.5) is 10.1 Å². The largest absolute Gasteiger partial charge is 0.505 e. The number of nitrogens with zero attached hydrogens (tertiary/aromatic N) is 2. The van der Waals surface area contributed by atoms with Crippen molar-refractivity contribution in [2.75, 3.05) is 10.5 Å². The fraction of sp³-hybridized carbons (Fsp3) is 0.238. The monoisotopic (exact) mass is 429 g/mol. The van der Waals surface area contributed by atoms with Crippen molar-refractivity contribution >= 4 is 32.5 Å². The molecule has 1 amide bonds. The zero-order chi connectivity index (χ0) is 21.6. The Morgan fingerprint density at radius 2 is 1.93 bits per heavy atom. The van der Waals surface area contributed by atoms with Gasteiger partial charge in [0.05, 0.1) is 23.0 Å². The molecule has 0 radical (unpaired) electrons. The van der Waals surface area contributed by atoms with Crippen molar-refractivity contribution in [3.63, 3.8) is 0 Å². The normalized spacial score (nSPS) is 16.2. The Labute approximate surface area is 173 Å². The number of rotatable bonds is 5. The number of fused-ring (bicyclic) bond motifs is 2. The topological polar surface area (TPSA) is 99.6 Å². The van der Waals surface area contributed by atoms with E-state index in [1.54, 1.807) is 31.2 Å². The number of phenolic OH excluding ortho intramolecular Hbond substituents is 1. The highest BCUT2D eigenvalue weighted by molar-refractivity contribution is 7.92. The van der Waals surface area contributed by atoms with Crippen LogP contribution in [0.25, 0.3) is 10.9 Å². The summed E-state index contributed by atoms with van der Waals surface area (Å²) in [5.41, 5.74) is 1.54. The number of nitrogens with one attached hydrogen (secondary N) is 1. The summed E-state index contributed by atoms with van der Waals surface area (Å²) in [6, 6.07) is 8.54. The molecule has 0 spiro atoms.